The minimum Gasteiger partial charge on any atom is -0.302 e. The molecule has 82 valence electrons. The Morgan fingerprint density at radius 3 is 2.56 bits per heavy atom. The molecule has 0 N–H and O–H groups in total. The van der Waals surface area contributed by atoms with Gasteiger partial charge in [0.05, 0.1) is 5.71 Å². The van der Waals surface area contributed by atoms with Crippen molar-refractivity contribution in [2.24, 2.45) is 11.0 Å². The molecular formula is C11H9BrN2O2. The Labute approximate surface area is 101 Å². The highest BCUT2D eigenvalue weighted by atomic mass is 79.9. The van der Waals surface area contributed by atoms with Crippen LogP contribution in [0.3, 0.4) is 0 Å². The molecule has 1 aliphatic heterocycles. The molecule has 16 heavy (non-hydrogen) atoms. The summed E-state index contributed by atoms with van der Waals surface area (Å²) in [5.41, 5.74) is 1.30. The average Bonchev–Trinajstić information content (AvgIpc) is 2.56. The van der Waals surface area contributed by atoms with Crippen molar-refractivity contribution in [1.82, 2.24) is 5.01 Å². The zero-order valence-corrected chi connectivity index (χ0v) is 10.1. The van der Waals surface area contributed by atoms with Crippen molar-refractivity contribution in [3.63, 3.8) is 0 Å². The number of nitrogens with zero attached hydrogens (tertiary/aromatic N) is 2. The summed E-state index contributed by atoms with van der Waals surface area (Å²) in [6, 6.07) is 7.35. The molecule has 0 spiro atoms. The molecule has 1 atom stereocenters. The summed E-state index contributed by atoms with van der Waals surface area (Å²) in [5.74, 6) is -1.06. The third-order valence-electron chi connectivity index (χ3n) is 2.41. The number of hydrazone groups is 1. The largest absolute Gasteiger partial charge is 0.302 e. The maximum Gasteiger partial charge on any atom is 0.258 e. The van der Waals surface area contributed by atoms with Crippen molar-refractivity contribution in [1.29, 1.82) is 0 Å². The molecule has 0 saturated carbocycles. The fraction of sp³-hybridized carbons (Fsp3) is 0.182. The zero-order chi connectivity index (χ0) is 11.7. The summed E-state index contributed by atoms with van der Waals surface area (Å²) in [7, 11) is 1.55. The van der Waals surface area contributed by atoms with E-state index in [0.29, 0.717) is 12.0 Å². The van der Waals surface area contributed by atoms with E-state index < -0.39 is 5.92 Å². The molecule has 4 nitrogen and oxygen atoms in total. The number of rotatable bonds is 2. The molecule has 0 bridgehead atoms. The predicted molar refractivity (Wildman–Crippen MR) is 63.0 cm³/mol. The van der Waals surface area contributed by atoms with Crippen LogP contribution < -0.4 is 0 Å². The molecule has 0 fully saturated rings. The van der Waals surface area contributed by atoms with Crippen LogP contribution in [-0.2, 0) is 9.59 Å². The van der Waals surface area contributed by atoms with Gasteiger partial charge in [0, 0.05) is 11.5 Å². The summed E-state index contributed by atoms with van der Waals surface area (Å²) in [6.45, 7) is 0. The monoisotopic (exact) mass is 280 g/mol. The molecular weight excluding hydrogens is 272 g/mol. The first kappa shape index (κ1) is 11.0. The van der Waals surface area contributed by atoms with Crippen LogP contribution in [0.1, 0.15) is 5.56 Å². The lowest BCUT2D eigenvalue weighted by atomic mass is 9.98. The van der Waals surface area contributed by atoms with E-state index in [4.69, 9.17) is 0 Å². The van der Waals surface area contributed by atoms with Crippen LogP contribution in [0.5, 0.6) is 0 Å². The van der Waals surface area contributed by atoms with E-state index in [9.17, 15) is 9.59 Å². The smallest absolute Gasteiger partial charge is 0.258 e. The van der Waals surface area contributed by atoms with E-state index in [0.717, 1.165) is 10.0 Å². The Hall–Kier alpha value is -1.49. The first-order valence-electron chi connectivity index (χ1n) is 4.71. The Morgan fingerprint density at radius 2 is 2.00 bits per heavy atom. The Balaban J connectivity index is 2.40. The van der Waals surface area contributed by atoms with Gasteiger partial charge in [-0.1, -0.05) is 28.1 Å². The maximum absolute atomic E-state index is 11.6. The Morgan fingerprint density at radius 1 is 1.38 bits per heavy atom. The fourth-order valence-electron chi connectivity index (χ4n) is 1.57. The number of carbonyl (C=O) groups is 2. The van der Waals surface area contributed by atoms with Gasteiger partial charge in [0.2, 0.25) is 0 Å². The van der Waals surface area contributed by atoms with Crippen molar-refractivity contribution < 1.29 is 9.59 Å². The average molecular weight is 281 g/mol. The van der Waals surface area contributed by atoms with Gasteiger partial charge in [0.1, 0.15) is 12.2 Å². The lowest BCUT2D eigenvalue weighted by Crippen LogP contribution is -2.26. The predicted octanol–water partition coefficient (Wildman–Crippen LogP) is 1.44. The molecule has 5 heteroatoms. The standard InChI is InChI=1S/C11H9BrN2O2/c1-14-11(16)9(6-15)10(13-14)7-2-4-8(12)5-3-7/h2-6,9H,1H3. The topological polar surface area (TPSA) is 49.7 Å². The molecule has 0 aliphatic carbocycles. The van der Waals surface area contributed by atoms with Gasteiger partial charge in [-0.2, -0.15) is 5.10 Å². The van der Waals surface area contributed by atoms with Crippen LogP contribution in [0.15, 0.2) is 33.8 Å². The van der Waals surface area contributed by atoms with E-state index in [1.165, 1.54) is 5.01 Å². The van der Waals surface area contributed by atoms with Crippen LogP contribution in [0, 0.1) is 5.92 Å². The molecule has 2 rings (SSSR count). The summed E-state index contributed by atoms with van der Waals surface area (Å²) in [6.07, 6.45) is 0.632. The lowest BCUT2D eigenvalue weighted by molar-refractivity contribution is -0.132. The number of amides is 1. The third-order valence-corrected chi connectivity index (χ3v) is 2.94. The second kappa shape index (κ2) is 4.17. The van der Waals surface area contributed by atoms with Gasteiger partial charge in [-0.25, -0.2) is 5.01 Å². The SMILES string of the molecule is CN1N=C(c2ccc(Br)cc2)C(C=O)C1=O. The fourth-order valence-corrected chi connectivity index (χ4v) is 1.84. The van der Waals surface area contributed by atoms with Crippen molar-refractivity contribution in [2.45, 2.75) is 0 Å². The van der Waals surface area contributed by atoms with Gasteiger partial charge < -0.3 is 4.79 Å². The first-order valence-corrected chi connectivity index (χ1v) is 5.50. The third kappa shape index (κ3) is 1.78. The van der Waals surface area contributed by atoms with Crippen LogP contribution in [-0.4, -0.2) is 30.0 Å². The second-order valence-electron chi connectivity index (χ2n) is 3.47. The highest BCUT2D eigenvalue weighted by Crippen LogP contribution is 2.20. The summed E-state index contributed by atoms with van der Waals surface area (Å²) in [4.78, 5) is 22.4. The molecule has 1 amide bonds. The van der Waals surface area contributed by atoms with Crippen molar-refractivity contribution in [3.05, 3.63) is 34.3 Å². The molecule has 0 saturated heterocycles. The van der Waals surface area contributed by atoms with Gasteiger partial charge >= 0.3 is 0 Å². The van der Waals surface area contributed by atoms with Crippen LogP contribution in [0.2, 0.25) is 0 Å². The molecule has 0 aromatic heterocycles. The number of carbonyl (C=O) groups excluding carboxylic acids is 2. The normalized spacial score (nSPS) is 19.9. The molecule has 1 aromatic carbocycles. The van der Waals surface area contributed by atoms with Crippen molar-refractivity contribution >= 4 is 33.8 Å². The van der Waals surface area contributed by atoms with Gasteiger partial charge in [0.15, 0.2) is 0 Å². The maximum atomic E-state index is 11.6. The van der Waals surface area contributed by atoms with Crippen molar-refractivity contribution in [3.8, 4) is 0 Å². The van der Waals surface area contributed by atoms with E-state index in [2.05, 4.69) is 21.0 Å². The van der Waals surface area contributed by atoms with Crippen LogP contribution in [0.4, 0.5) is 0 Å². The summed E-state index contributed by atoms with van der Waals surface area (Å²) in [5, 5.41) is 5.28. The number of hydrogen-bond acceptors (Lipinski definition) is 3. The molecule has 1 unspecified atom stereocenters. The minimum atomic E-state index is -0.772. The quantitative estimate of drug-likeness (QED) is 0.608. The van der Waals surface area contributed by atoms with E-state index >= 15 is 0 Å². The molecule has 1 heterocycles. The molecule has 0 radical (unpaired) electrons. The number of halogens is 1. The van der Waals surface area contributed by atoms with E-state index in [1.807, 2.05) is 24.3 Å². The van der Waals surface area contributed by atoms with Crippen LogP contribution >= 0.6 is 15.9 Å². The van der Waals surface area contributed by atoms with Gasteiger partial charge in [-0.05, 0) is 17.7 Å². The summed E-state index contributed by atoms with van der Waals surface area (Å²) >= 11 is 3.32. The second-order valence-corrected chi connectivity index (χ2v) is 4.38. The summed E-state index contributed by atoms with van der Waals surface area (Å²) < 4.78 is 0.942. The zero-order valence-electron chi connectivity index (χ0n) is 8.55. The Kier molecular flexibility index (Phi) is 2.87. The highest BCUT2D eigenvalue weighted by Gasteiger charge is 2.34. The molecule has 1 aromatic rings. The van der Waals surface area contributed by atoms with Gasteiger partial charge in [0.25, 0.3) is 5.91 Å². The number of aldehydes is 1. The molecule has 1 aliphatic rings. The van der Waals surface area contributed by atoms with Crippen molar-refractivity contribution in [2.75, 3.05) is 7.05 Å². The Bertz CT molecular complexity index is 467. The van der Waals surface area contributed by atoms with E-state index in [-0.39, 0.29) is 5.91 Å². The van der Waals surface area contributed by atoms with E-state index in [1.54, 1.807) is 7.05 Å². The van der Waals surface area contributed by atoms with Gasteiger partial charge in [-0.3, -0.25) is 4.79 Å². The lowest BCUT2D eigenvalue weighted by Gasteiger charge is -2.03. The minimum absolute atomic E-state index is 0.284. The number of hydrogen-bond donors (Lipinski definition) is 0. The first-order chi connectivity index (χ1) is 7.63. The van der Waals surface area contributed by atoms with Crippen LogP contribution in [0.25, 0.3) is 0 Å². The number of benzene rings is 1. The highest BCUT2D eigenvalue weighted by molar-refractivity contribution is 9.10. The van der Waals surface area contributed by atoms with Gasteiger partial charge in [-0.15, -0.1) is 0 Å².